The van der Waals surface area contributed by atoms with E-state index in [1.807, 2.05) is 0 Å². The Balaban J connectivity index is 1.66. The van der Waals surface area contributed by atoms with Gasteiger partial charge in [0.2, 0.25) is 10.0 Å². The molecule has 0 aliphatic heterocycles. The average molecular weight is 409 g/mol. The number of halogens is 2. The molecule has 0 fully saturated rings. The fourth-order valence-electron chi connectivity index (χ4n) is 2.20. The molecule has 8 heteroatoms. The normalized spacial score (nSPS) is 11.2. The topological polar surface area (TPSA) is 68.3 Å². The van der Waals surface area contributed by atoms with Crippen molar-refractivity contribution >= 4 is 38.9 Å². The van der Waals surface area contributed by atoms with Crippen molar-refractivity contribution in [2.24, 2.45) is 0 Å². The molecule has 1 N–H and O–H groups in total. The Morgan fingerprint density at radius 1 is 0.885 bits per heavy atom. The molecule has 0 saturated heterocycles. The number of rotatable bonds is 6. The summed E-state index contributed by atoms with van der Waals surface area (Å²) in [7, 11) is -3.59. The quantitative estimate of drug-likeness (QED) is 0.614. The van der Waals surface area contributed by atoms with Crippen molar-refractivity contribution in [3.63, 3.8) is 0 Å². The lowest BCUT2D eigenvalue weighted by Gasteiger charge is -2.10. The SMILES string of the molecule is O=S(=O)(Cc1ccc(Cl)c(Cl)c1)Nc1ccc(Oc2ccncc2)cc1. The Labute approximate surface area is 161 Å². The zero-order valence-corrected chi connectivity index (χ0v) is 15.7. The number of pyridine rings is 1. The van der Waals surface area contributed by atoms with Gasteiger partial charge in [0, 0.05) is 18.1 Å². The molecule has 1 aromatic heterocycles. The summed E-state index contributed by atoms with van der Waals surface area (Å²) in [4.78, 5) is 3.91. The minimum atomic E-state index is -3.59. The standard InChI is InChI=1S/C18H14Cl2N2O3S/c19-17-6-1-13(11-18(17)20)12-26(23,24)22-14-2-4-15(5-3-14)25-16-7-9-21-10-8-16/h1-11,22H,12H2. The molecule has 3 aromatic rings. The van der Waals surface area contributed by atoms with Crippen LogP contribution in [0.2, 0.25) is 10.0 Å². The number of nitrogens with zero attached hydrogens (tertiary/aromatic N) is 1. The van der Waals surface area contributed by atoms with Crippen LogP contribution >= 0.6 is 23.2 Å². The number of anilines is 1. The van der Waals surface area contributed by atoms with E-state index in [0.29, 0.717) is 32.8 Å². The number of ether oxygens (including phenoxy) is 1. The molecule has 0 spiro atoms. The molecular weight excluding hydrogens is 395 g/mol. The van der Waals surface area contributed by atoms with Gasteiger partial charge < -0.3 is 4.74 Å². The number of hydrogen-bond acceptors (Lipinski definition) is 4. The third-order valence-corrected chi connectivity index (χ3v) is 5.35. The molecule has 0 bridgehead atoms. The molecule has 5 nitrogen and oxygen atoms in total. The van der Waals surface area contributed by atoms with Crippen molar-refractivity contribution in [2.75, 3.05) is 4.72 Å². The van der Waals surface area contributed by atoms with Crippen LogP contribution in [0.3, 0.4) is 0 Å². The van der Waals surface area contributed by atoms with Crippen LogP contribution in [0.5, 0.6) is 11.5 Å². The van der Waals surface area contributed by atoms with Gasteiger partial charge in [-0.2, -0.15) is 0 Å². The third kappa shape index (κ3) is 5.11. The number of hydrogen-bond donors (Lipinski definition) is 1. The fraction of sp³-hybridized carbons (Fsp3) is 0.0556. The van der Waals surface area contributed by atoms with E-state index in [1.165, 1.54) is 6.07 Å². The van der Waals surface area contributed by atoms with Gasteiger partial charge in [0.05, 0.1) is 15.8 Å². The second-order valence-corrected chi connectivity index (χ2v) is 7.96. The van der Waals surface area contributed by atoms with E-state index < -0.39 is 10.0 Å². The van der Waals surface area contributed by atoms with Crippen molar-refractivity contribution < 1.29 is 13.2 Å². The zero-order valence-electron chi connectivity index (χ0n) is 13.4. The van der Waals surface area contributed by atoms with Crippen LogP contribution in [-0.4, -0.2) is 13.4 Å². The summed E-state index contributed by atoms with van der Waals surface area (Å²) < 4.78 is 32.8. The Morgan fingerprint density at radius 3 is 2.19 bits per heavy atom. The molecule has 2 aromatic carbocycles. The summed E-state index contributed by atoms with van der Waals surface area (Å²) in [5.74, 6) is 1.02. The molecule has 0 aliphatic rings. The molecule has 0 atom stereocenters. The highest BCUT2D eigenvalue weighted by atomic mass is 35.5. The second kappa shape index (κ2) is 7.95. The third-order valence-electron chi connectivity index (χ3n) is 3.35. The predicted octanol–water partition coefficient (Wildman–Crippen LogP) is 5.12. The molecule has 0 radical (unpaired) electrons. The van der Waals surface area contributed by atoms with Gasteiger partial charge in [0.1, 0.15) is 11.5 Å². The summed E-state index contributed by atoms with van der Waals surface area (Å²) in [5.41, 5.74) is 0.983. The summed E-state index contributed by atoms with van der Waals surface area (Å²) in [6.45, 7) is 0. The minimum absolute atomic E-state index is 0.209. The molecule has 134 valence electrons. The fourth-order valence-corrected chi connectivity index (χ4v) is 3.70. The van der Waals surface area contributed by atoms with Gasteiger partial charge in [-0.25, -0.2) is 8.42 Å². The van der Waals surface area contributed by atoms with E-state index >= 15 is 0 Å². The number of benzene rings is 2. The Kier molecular flexibility index (Phi) is 5.66. The van der Waals surface area contributed by atoms with Gasteiger partial charge in [-0.3, -0.25) is 9.71 Å². The van der Waals surface area contributed by atoms with Crippen molar-refractivity contribution in [1.82, 2.24) is 4.98 Å². The lowest BCUT2D eigenvalue weighted by molar-refractivity contribution is 0.482. The molecular formula is C18H14Cl2N2O3S. The van der Waals surface area contributed by atoms with Crippen LogP contribution in [-0.2, 0) is 15.8 Å². The van der Waals surface area contributed by atoms with Crippen molar-refractivity contribution in [1.29, 1.82) is 0 Å². The Hall–Kier alpha value is -2.28. The Bertz CT molecular complexity index is 995. The molecule has 0 unspecified atom stereocenters. The number of aromatic nitrogens is 1. The van der Waals surface area contributed by atoms with E-state index in [2.05, 4.69) is 9.71 Å². The zero-order chi connectivity index (χ0) is 18.6. The highest BCUT2D eigenvalue weighted by molar-refractivity contribution is 7.91. The van der Waals surface area contributed by atoms with E-state index in [1.54, 1.807) is 60.9 Å². The van der Waals surface area contributed by atoms with Gasteiger partial charge in [0.15, 0.2) is 0 Å². The minimum Gasteiger partial charge on any atom is -0.457 e. The summed E-state index contributed by atoms with van der Waals surface area (Å²) in [5, 5.41) is 0.697. The molecule has 0 saturated carbocycles. The highest BCUT2D eigenvalue weighted by Crippen LogP contribution is 2.25. The molecule has 0 amide bonds. The van der Waals surface area contributed by atoms with Crippen LogP contribution in [0.4, 0.5) is 5.69 Å². The van der Waals surface area contributed by atoms with Crippen molar-refractivity contribution in [3.8, 4) is 11.5 Å². The maximum Gasteiger partial charge on any atom is 0.236 e. The molecule has 3 rings (SSSR count). The van der Waals surface area contributed by atoms with E-state index in [0.717, 1.165) is 0 Å². The van der Waals surface area contributed by atoms with Crippen LogP contribution in [0, 0.1) is 0 Å². The molecule has 0 aliphatic carbocycles. The number of nitrogens with one attached hydrogen (secondary N) is 1. The average Bonchev–Trinajstić information content (AvgIpc) is 2.60. The largest absolute Gasteiger partial charge is 0.457 e. The van der Waals surface area contributed by atoms with Crippen LogP contribution in [0.25, 0.3) is 0 Å². The van der Waals surface area contributed by atoms with Gasteiger partial charge in [-0.1, -0.05) is 29.3 Å². The van der Waals surface area contributed by atoms with Gasteiger partial charge >= 0.3 is 0 Å². The first-order valence-electron chi connectivity index (χ1n) is 7.54. The van der Waals surface area contributed by atoms with Crippen LogP contribution < -0.4 is 9.46 Å². The van der Waals surface area contributed by atoms with Crippen molar-refractivity contribution in [2.45, 2.75) is 5.75 Å². The highest BCUT2D eigenvalue weighted by Gasteiger charge is 2.13. The lowest BCUT2D eigenvalue weighted by Crippen LogP contribution is -2.15. The first kappa shape index (κ1) is 18.5. The second-order valence-electron chi connectivity index (χ2n) is 5.42. The maximum atomic E-state index is 12.3. The van der Waals surface area contributed by atoms with Crippen LogP contribution in [0.15, 0.2) is 67.0 Å². The Morgan fingerprint density at radius 2 is 1.54 bits per heavy atom. The van der Waals surface area contributed by atoms with Crippen molar-refractivity contribution in [3.05, 3.63) is 82.6 Å². The van der Waals surface area contributed by atoms with Gasteiger partial charge in [-0.05, 0) is 54.1 Å². The predicted molar refractivity (Wildman–Crippen MR) is 103 cm³/mol. The first-order chi connectivity index (χ1) is 12.4. The molecule has 26 heavy (non-hydrogen) atoms. The summed E-state index contributed by atoms with van der Waals surface area (Å²) in [6, 6.07) is 14.8. The van der Waals surface area contributed by atoms with Crippen LogP contribution in [0.1, 0.15) is 5.56 Å². The van der Waals surface area contributed by atoms with Gasteiger partial charge in [-0.15, -0.1) is 0 Å². The van der Waals surface area contributed by atoms with Gasteiger partial charge in [0.25, 0.3) is 0 Å². The smallest absolute Gasteiger partial charge is 0.236 e. The van der Waals surface area contributed by atoms with E-state index in [-0.39, 0.29) is 5.75 Å². The maximum absolute atomic E-state index is 12.3. The summed E-state index contributed by atoms with van der Waals surface area (Å²) in [6.07, 6.45) is 3.25. The monoisotopic (exact) mass is 408 g/mol. The van der Waals surface area contributed by atoms with E-state index in [9.17, 15) is 8.42 Å². The first-order valence-corrected chi connectivity index (χ1v) is 9.94. The summed E-state index contributed by atoms with van der Waals surface area (Å²) >= 11 is 11.8. The molecule has 1 heterocycles. The van der Waals surface area contributed by atoms with E-state index in [4.69, 9.17) is 27.9 Å². The lowest BCUT2D eigenvalue weighted by atomic mass is 10.2. The number of sulfonamides is 1.